The number of benzene rings is 1. The van der Waals surface area contributed by atoms with Crippen molar-refractivity contribution in [2.45, 2.75) is 32.9 Å². The average Bonchev–Trinajstić information content (AvgIpc) is 3.22. The zero-order valence-electron chi connectivity index (χ0n) is 16.4. The standard InChI is InChI=1S/C21H26N2O5/c1-4-11-28-18-9-7-16(13-19(18)26-3)8-10-20(24)23-15(2)21(25)22-14-17-6-5-12-27-17/h5-10,12-13,15H,4,11,14H2,1-3H3,(H,22,25)(H,23,24)/b10-8+. The molecular weight excluding hydrogens is 360 g/mol. The van der Waals surface area contributed by atoms with E-state index in [1.807, 2.05) is 13.0 Å². The molecule has 2 rings (SSSR count). The molecule has 2 amide bonds. The summed E-state index contributed by atoms with van der Waals surface area (Å²) >= 11 is 0. The predicted octanol–water partition coefficient (Wildman–Crippen LogP) is 2.91. The predicted molar refractivity (Wildman–Crippen MR) is 106 cm³/mol. The number of nitrogens with one attached hydrogen (secondary N) is 2. The molecule has 28 heavy (non-hydrogen) atoms. The molecule has 0 aliphatic carbocycles. The summed E-state index contributed by atoms with van der Waals surface area (Å²) in [6.45, 7) is 4.52. The molecule has 0 spiro atoms. The second-order valence-electron chi connectivity index (χ2n) is 6.12. The fourth-order valence-electron chi connectivity index (χ4n) is 2.36. The Bertz CT molecular complexity index is 799. The molecule has 2 aromatic rings. The van der Waals surface area contributed by atoms with Crippen LogP contribution in [-0.4, -0.2) is 31.6 Å². The minimum absolute atomic E-state index is 0.272. The molecule has 0 saturated carbocycles. The lowest BCUT2D eigenvalue weighted by Gasteiger charge is -2.12. The lowest BCUT2D eigenvalue weighted by atomic mass is 10.2. The summed E-state index contributed by atoms with van der Waals surface area (Å²) in [5, 5.41) is 5.32. The van der Waals surface area contributed by atoms with E-state index in [0.717, 1.165) is 12.0 Å². The molecule has 0 saturated heterocycles. The Balaban J connectivity index is 1.87. The summed E-state index contributed by atoms with van der Waals surface area (Å²) in [6, 6.07) is 8.25. The van der Waals surface area contributed by atoms with E-state index in [0.29, 0.717) is 23.9 Å². The molecule has 0 bridgehead atoms. The van der Waals surface area contributed by atoms with Gasteiger partial charge in [-0.1, -0.05) is 13.0 Å². The molecule has 150 valence electrons. The van der Waals surface area contributed by atoms with E-state index in [-0.39, 0.29) is 18.4 Å². The number of amides is 2. The summed E-state index contributed by atoms with van der Waals surface area (Å²) in [7, 11) is 1.57. The number of carbonyl (C=O) groups excluding carboxylic acids is 2. The highest BCUT2D eigenvalue weighted by Gasteiger charge is 2.14. The average molecular weight is 386 g/mol. The van der Waals surface area contributed by atoms with Crippen LogP contribution in [-0.2, 0) is 16.1 Å². The largest absolute Gasteiger partial charge is 0.493 e. The van der Waals surface area contributed by atoms with Crippen molar-refractivity contribution in [3.8, 4) is 11.5 Å². The van der Waals surface area contributed by atoms with Crippen LogP contribution >= 0.6 is 0 Å². The Morgan fingerprint density at radius 2 is 2.07 bits per heavy atom. The first kappa shape index (κ1) is 21.1. The van der Waals surface area contributed by atoms with Crippen LogP contribution in [0.3, 0.4) is 0 Å². The minimum atomic E-state index is -0.675. The summed E-state index contributed by atoms with van der Waals surface area (Å²) in [4.78, 5) is 24.1. The van der Waals surface area contributed by atoms with E-state index < -0.39 is 6.04 Å². The van der Waals surface area contributed by atoms with E-state index in [9.17, 15) is 9.59 Å². The van der Waals surface area contributed by atoms with Crippen LogP contribution in [0.5, 0.6) is 11.5 Å². The van der Waals surface area contributed by atoms with Gasteiger partial charge in [0.1, 0.15) is 11.8 Å². The lowest BCUT2D eigenvalue weighted by molar-refractivity contribution is -0.126. The number of rotatable bonds is 10. The third-order valence-corrected chi connectivity index (χ3v) is 3.85. The van der Waals surface area contributed by atoms with Gasteiger partial charge >= 0.3 is 0 Å². The number of hydrogen-bond acceptors (Lipinski definition) is 5. The lowest BCUT2D eigenvalue weighted by Crippen LogP contribution is -2.44. The van der Waals surface area contributed by atoms with Gasteiger partial charge in [-0.05, 0) is 49.2 Å². The Hall–Kier alpha value is -3.22. The van der Waals surface area contributed by atoms with Gasteiger partial charge in [-0.3, -0.25) is 9.59 Å². The van der Waals surface area contributed by atoms with Crippen molar-refractivity contribution in [1.29, 1.82) is 0 Å². The first-order chi connectivity index (χ1) is 13.5. The highest BCUT2D eigenvalue weighted by molar-refractivity contribution is 5.95. The third kappa shape index (κ3) is 6.50. The first-order valence-electron chi connectivity index (χ1n) is 9.13. The number of ether oxygens (including phenoxy) is 2. The smallest absolute Gasteiger partial charge is 0.244 e. The van der Waals surface area contributed by atoms with Crippen LogP contribution in [0.1, 0.15) is 31.6 Å². The summed E-state index contributed by atoms with van der Waals surface area (Å²) in [5.41, 5.74) is 0.783. The van der Waals surface area contributed by atoms with E-state index in [2.05, 4.69) is 10.6 Å². The molecule has 0 radical (unpaired) electrons. The Labute approximate surface area is 164 Å². The highest BCUT2D eigenvalue weighted by atomic mass is 16.5. The summed E-state index contributed by atoms with van der Waals surface area (Å²) < 4.78 is 16.1. The van der Waals surface area contributed by atoms with Gasteiger partial charge in [-0.25, -0.2) is 0 Å². The zero-order chi connectivity index (χ0) is 20.4. The summed E-state index contributed by atoms with van der Waals surface area (Å²) in [6.07, 6.45) is 5.46. The molecule has 0 aliphatic heterocycles. The molecule has 7 heteroatoms. The van der Waals surface area contributed by atoms with Gasteiger partial charge < -0.3 is 24.5 Å². The normalized spacial score (nSPS) is 11.8. The summed E-state index contributed by atoms with van der Waals surface area (Å²) in [5.74, 6) is 1.24. The molecule has 1 heterocycles. The molecule has 1 unspecified atom stereocenters. The van der Waals surface area contributed by atoms with Gasteiger partial charge in [0.2, 0.25) is 11.8 Å². The maximum Gasteiger partial charge on any atom is 0.244 e. The first-order valence-corrected chi connectivity index (χ1v) is 9.13. The van der Waals surface area contributed by atoms with Gasteiger partial charge in [0.15, 0.2) is 11.5 Å². The molecule has 1 aromatic heterocycles. The fraction of sp³-hybridized carbons (Fsp3) is 0.333. The molecule has 1 aromatic carbocycles. The van der Waals surface area contributed by atoms with Crippen molar-refractivity contribution < 1.29 is 23.5 Å². The van der Waals surface area contributed by atoms with E-state index in [4.69, 9.17) is 13.9 Å². The van der Waals surface area contributed by atoms with Crippen LogP contribution in [0.25, 0.3) is 6.08 Å². The topological polar surface area (TPSA) is 89.8 Å². The van der Waals surface area contributed by atoms with Gasteiger partial charge in [-0.15, -0.1) is 0 Å². The van der Waals surface area contributed by atoms with Crippen molar-refractivity contribution in [3.05, 3.63) is 54.0 Å². The van der Waals surface area contributed by atoms with Crippen LogP contribution in [0, 0.1) is 0 Å². The van der Waals surface area contributed by atoms with E-state index in [1.54, 1.807) is 44.4 Å². The van der Waals surface area contributed by atoms with Gasteiger partial charge in [0.25, 0.3) is 0 Å². The van der Waals surface area contributed by atoms with E-state index in [1.165, 1.54) is 12.3 Å². The fourth-order valence-corrected chi connectivity index (χ4v) is 2.36. The quantitative estimate of drug-likeness (QED) is 0.613. The maximum atomic E-state index is 12.1. The molecule has 0 aliphatic rings. The van der Waals surface area contributed by atoms with Crippen LogP contribution in [0.15, 0.2) is 47.1 Å². The number of furan rings is 1. The van der Waals surface area contributed by atoms with Crippen LogP contribution < -0.4 is 20.1 Å². The molecule has 0 fully saturated rings. The van der Waals surface area contributed by atoms with Crippen molar-refractivity contribution in [2.75, 3.05) is 13.7 Å². The van der Waals surface area contributed by atoms with Crippen molar-refractivity contribution in [1.82, 2.24) is 10.6 Å². The number of methoxy groups -OCH3 is 1. The highest BCUT2D eigenvalue weighted by Crippen LogP contribution is 2.28. The van der Waals surface area contributed by atoms with E-state index >= 15 is 0 Å². The Kier molecular flexibility index (Phi) is 8.14. The van der Waals surface area contributed by atoms with Gasteiger partial charge in [0, 0.05) is 6.08 Å². The SMILES string of the molecule is CCCOc1ccc(/C=C/C(=O)NC(C)C(=O)NCc2ccco2)cc1OC. The monoisotopic (exact) mass is 386 g/mol. The molecule has 2 N–H and O–H groups in total. The third-order valence-electron chi connectivity index (χ3n) is 3.85. The van der Waals surface area contributed by atoms with Gasteiger partial charge in [-0.2, -0.15) is 0 Å². The van der Waals surface area contributed by atoms with Crippen molar-refractivity contribution in [2.24, 2.45) is 0 Å². The minimum Gasteiger partial charge on any atom is -0.493 e. The molecule has 7 nitrogen and oxygen atoms in total. The van der Waals surface area contributed by atoms with Crippen molar-refractivity contribution >= 4 is 17.9 Å². The second kappa shape index (κ2) is 10.8. The Morgan fingerprint density at radius 1 is 1.25 bits per heavy atom. The maximum absolute atomic E-state index is 12.1. The second-order valence-corrected chi connectivity index (χ2v) is 6.12. The van der Waals surface area contributed by atoms with Gasteiger partial charge in [0.05, 0.1) is 26.5 Å². The zero-order valence-corrected chi connectivity index (χ0v) is 16.4. The van der Waals surface area contributed by atoms with Crippen LogP contribution in [0.2, 0.25) is 0 Å². The van der Waals surface area contributed by atoms with Crippen molar-refractivity contribution in [3.63, 3.8) is 0 Å². The Morgan fingerprint density at radius 3 is 2.75 bits per heavy atom. The number of hydrogen-bond donors (Lipinski definition) is 2. The number of carbonyl (C=O) groups is 2. The molecular formula is C21H26N2O5. The molecule has 1 atom stereocenters. The van der Waals surface area contributed by atoms with Crippen LogP contribution in [0.4, 0.5) is 0 Å².